The predicted octanol–water partition coefficient (Wildman–Crippen LogP) is 5.27. The molecule has 8 heteroatoms. The third kappa shape index (κ3) is 7.03. The molecule has 3 aromatic rings. The summed E-state index contributed by atoms with van der Waals surface area (Å²) in [5.41, 5.74) is 3.28. The number of nitrogens with zero attached hydrogens (tertiary/aromatic N) is 5. The molecule has 0 spiro atoms. The maximum atomic E-state index is 13.1. The lowest BCUT2D eigenvalue weighted by atomic mass is 9.90. The summed E-state index contributed by atoms with van der Waals surface area (Å²) in [6.45, 7) is 5.56. The Bertz CT molecular complexity index is 1180. The molecule has 2 saturated heterocycles. The Kier molecular flexibility index (Phi) is 8.64. The van der Waals surface area contributed by atoms with Gasteiger partial charge in [-0.25, -0.2) is 9.97 Å². The van der Waals surface area contributed by atoms with Crippen LogP contribution in [0.2, 0.25) is 5.15 Å². The van der Waals surface area contributed by atoms with Crippen molar-refractivity contribution < 1.29 is 4.79 Å². The van der Waals surface area contributed by atoms with E-state index in [1.54, 1.807) is 11.8 Å². The van der Waals surface area contributed by atoms with Gasteiger partial charge in [0.05, 0.1) is 0 Å². The largest absolute Gasteiger partial charge is 0.354 e. The van der Waals surface area contributed by atoms with E-state index >= 15 is 0 Å². The number of piperidine rings is 1. The first kappa shape index (κ1) is 26.0. The second-order valence-electron chi connectivity index (χ2n) is 10.0. The number of rotatable bonds is 7. The highest BCUT2D eigenvalue weighted by atomic mass is 35.5. The van der Waals surface area contributed by atoms with Gasteiger partial charge in [0.25, 0.3) is 5.91 Å². The number of anilines is 1. The Morgan fingerprint density at radius 3 is 2.32 bits per heavy atom. The van der Waals surface area contributed by atoms with Gasteiger partial charge in [0.2, 0.25) is 0 Å². The van der Waals surface area contributed by atoms with Gasteiger partial charge < -0.3 is 14.7 Å². The standard InChI is InChI=1S/C29H34ClN5OS/c1-33-15-17-34(18-16-33)27-20-26(30)31-29(32-27)37-21-24-7-9-25(10-8-24)28(36)35-13-11-23(12-14-35)19-22-5-3-2-4-6-22/h2-10,20,23H,11-19,21H2,1H3. The van der Waals surface area contributed by atoms with Crippen molar-refractivity contribution in [1.29, 1.82) is 0 Å². The molecular formula is C29H34ClN5OS. The van der Waals surface area contributed by atoms with Crippen molar-refractivity contribution in [3.8, 4) is 0 Å². The lowest BCUT2D eigenvalue weighted by molar-refractivity contribution is 0.0690. The normalized spacial score (nSPS) is 17.2. The quantitative estimate of drug-likeness (QED) is 0.233. The number of aromatic nitrogens is 2. The Labute approximate surface area is 229 Å². The lowest BCUT2D eigenvalue weighted by Gasteiger charge is -2.33. The summed E-state index contributed by atoms with van der Waals surface area (Å²) < 4.78 is 0. The third-order valence-corrected chi connectivity index (χ3v) is 8.44. The number of carbonyl (C=O) groups is 1. The fourth-order valence-corrected chi connectivity index (χ4v) is 6.05. The van der Waals surface area contributed by atoms with Crippen LogP contribution in [0, 0.1) is 5.92 Å². The summed E-state index contributed by atoms with van der Waals surface area (Å²) in [7, 11) is 2.14. The molecule has 1 aromatic heterocycles. The van der Waals surface area contributed by atoms with Crippen LogP contribution in [0.1, 0.15) is 34.3 Å². The number of halogens is 1. The summed E-state index contributed by atoms with van der Waals surface area (Å²) in [5, 5.41) is 1.15. The summed E-state index contributed by atoms with van der Waals surface area (Å²) in [5.74, 6) is 2.40. The molecular weight excluding hydrogens is 502 g/mol. The van der Waals surface area contributed by atoms with Gasteiger partial charge in [0.15, 0.2) is 5.16 Å². The molecule has 2 fully saturated rings. The minimum Gasteiger partial charge on any atom is -0.354 e. The zero-order chi connectivity index (χ0) is 25.6. The van der Waals surface area contributed by atoms with Crippen LogP contribution in [0.3, 0.4) is 0 Å². The molecule has 0 atom stereocenters. The van der Waals surface area contributed by atoms with Crippen molar-refractivity contribution in [1.82, 2.24) is 19.8 Å². The number of thioether (sulfide) groups is 1. The molecule has 0 bridgehead atoms. The molecule has 0 aliphatic carbocycles. The van der Waals surface area contributed by atoms with Gasteiger partial charge in [0.1, 0.15) is 11.0 Å². The molecule has 3 heterocycles. The maximum Gasteiger partial charge on any atom is 0.253 e. The van der Waals surface area contributed by atoms with E-state index in [2.05, 4.69) is 52.2 Å². The highest BCUT2D eigenvalue weighted by Crippen LogP contribution is 2.26. The summed E-state index contributed by atoms with van der Waals surface area (Å²) >= 11 is 7.89. The molecule has 2 aliphatic heterocycles. The van der Waals surface area contributed by atoms with Gasteiger partial charge >= 0.3 is 0 Å². The van der Waals surface area contributed by atoms with Crippen molar-refractivity contribution in [2.24, 2.45) is 5.92 Å². The van der Waals surface area contributed by atoms with Gasteiger partial charge in [-0.15, -0.1) is 0 Å². The Balaban J connectivity index is 1.12. The second kappa shape index (κ2) is 12.3. The molecule has 5 rings (SSSR count). The smallest absolute Gasteiger partial charge is 0.253 e. The van der Waals surface area contributed by atoms with Crippen LogP contribution in [0.4, 0.5) is 5.82 Å². The predicted molar refractivity (Wildman–Crippen MR) is 152 cm³/mol. The number of hydrogen-bond donors (Lipinski definition) is 0. The molecule has 194 valence electrons. The molecule has 2 aromatic carbocycles. The molecule has 2 aliphatic rings. The van der Waals surface area contributed by atoms with Crippen LogP contribution < -0.4 is 4.90 Å². The number of piperazine rings is 1. The zero-order valence-electron chi connectivity index (χ0n) is 21.4. The van der Waals surface area contributed by atoms with Crippen molar-refractivity contribution in [2.75, 3.05) is 51.2 Å². The number of likely N-dealkylation sites (N-methyl/N-ethyl adjacent to an activating group) is 1. The fraction of sp³-hybridized carbons (Fsp3) is 0.414. The van der Waals surface area contributed by atoms with Crippen LogP contribution in [-0.2, 0) is 12.2 Å². The minimum absolute atomic E-state index is 0.132. The molecule has 6 nitrogen and oxygen atoms in total. The van der Waals surface area contributed by atoms with Crippen LogP contribution in [0.25, 0.3) is 0 Å². The van der Waals surface area contributed by atoms with E-state index in [-0.39, 0.29) is 5.91 Å². The van der Waals surface area contributed by atoms with Gasteiger partial charge in [-0.1, -0.05) is 65.8 Å². The van der Waals surface area contributed by atoms with Gasteiger partial charge in [-0.3, -0.25) is 4.79 Å². The average Bonchev–Trinajstić information content (AvgIpc) is 2.93. The number of amides is 1. The molecule has 1 amide bonds. The highest BCUT2D eigenvalue weighted by Gasteiger charge is 2.24. The van der Waals surface area contributed by atoms with Crippen molar-refractivity contribution in [2.45, 2.75) is 30.2 Å². The SMILES string of the molecule is CN1CCN(c2cc(Cl)nc(SCc3ccc(C(=O)N4CCC(Cc5ccccc5)CC4)cc3)n2)CC1. The first-order valence-electron chi connectivity index (χ1n) is 13.1. The molecule has 0 N–H and O–H groups in total. The zero-order valence-corrected chi connectivity index (χ0v) is 22.9. The van der Waals surface area contributed by atoms with Crippen molar-refractivity contribution in [3.63, 3.8) is 0 Å². The first-order chi connectivity index (χ1) is 18.0. The highest BCUT2D eigenvalue weighted by molar-refractivity contribution is 7.98. The average molecular weight is 536 g/mol. The maximum absolute atomic E-state index is 13.1. The van der Waals surface area contributed by atoms with Crippen LogP contribution in [0.5, 0.6) is 0 Å². The molecule has 0 radical (unpaired) electrons. The van der Waals surface area contributed by atoms with Crippen LogP contribution >= 0.6 is 23.4 Å². The van der Waals surface area contributed by atoms with Gasteiger partial charge in [0, 0.05) is 56.7 Å². The van der Waals surface area contributed by atoms with E-state index in [1.807, 2.05) is 35.2 Å². The Morgan fingerprint density at radius 1 is 0.919 bits per heavy atom. The fourth-order valence-electron chi connectivity index (χ4n) is 5.01. The third-order valence-electron chi connectivity index (χ3n) is 7.33. The molecule has 0 saturated carbocycles. The number of benzene rings is 2. The monoisotopic (exact) mass is 535 g/mol. The number of hydrogen-bond acceptors (Lipinski definition) is 6. The second-order valence-corrected chi connectivity index (χ2v) is 11.4. The van der Waals surface area contributed by atoms with Gasteiger partial charge in [-0.2, -0.15) is 0 Å². The summed E-state index contributed by atoms with van der Waals surface area (Å²) in [6, 6.07) is 20.5. The van der Waals surface area contributed by atoms with E-state index in [9.17, 15) is 4.79 Å². The van der Waals surface area contributed by atoms with E-state index in [4.69, 9.17) is 16.6 Å². The number of carbonyl (C=O) groups excluding carboxylic acids is 1. The summed E-state index contributed by atoms with van der Waals surface area (Å²) in [6.07, 6.45) is 3.22. The Morgan fingerprint density at radius 2 is 1.62 bits per heavy atom. The number of likely N-dealkylation sites (tertiary alicyclic amines) is 1. The van der Waals surface area contributed by atoms with Crippen molar-refractivity contribution >= 4 is 35.1 Å². The molecule has 0 unspecified atom stereocenters. The van der Waals surface area contributed by atoms with Gasteiger partial charge in [-0.05, 0) is 55.5 Å². The van der Waals surface area contributed by atoms with Crippen LogP contribution in [-0.4, -0.2) is 72.0 Å². The van der Waals surface area contributed by atoms with Crippen LogP contribution in [0.15, 0.2) is 65.8 Å². The van der Waals surface area contributed by atoms with E-state index in [1.165, 1.54) is 5.56 Å². The summed E-state index contributed by atoms with van der Waals surface area (Å²) in [4.78, 5) is 28.8. The Hall–Kier alpha value is -2.61. The van der Waals surface area contributed by atoms with E-state index < -0.39 is 0 Å². The first-order valence-corrected chi connectivity index (χ1v) is 14.4. The molecule has 37 heavy (non-hydrogen) atoms. The topological polar surface area (TPSA) is 52.6 Å². The minimum atomic E-state index is 0.132. The lowest BCUT2D eigenvalue weighted by Crippen LogP contribution is -2.44. The van der Waals surface area contributed by atoms with Crippen molar-refractivity contribution in [3.05, 3.63) is 82.5 Å². The van der Waals surface area contributed by atoms with E-state index in [0.717, 1.165) is 81.2 Å². The van der Waals surface area contributed by atoms with E-state index in [0.29, 0.717) is 16.2 Å².